The molecule has 0 bridgehead atoms. The van der Waals surface area contributed by atoms with Gasteiger partial charge in [0.2, 0.25) is 4.96 Å². The molecule has 0 saturated carbocycles. The van der Waals surface area contributed by atoms with E-state index in [1.807, 2.05) is 6.92 Å². The van der Waals surface area contributed by atoms with Gasteiger partial charge in [-0.25, -0.2) is 9.50 Å². The molecular weight excluding hydrogens is 162 g/mol. The molecule has 2 aromatic rings. The van der Waals surface area contributed by atoms with Crippen LogP contribution in [0.1, 0.15) is 15.5 Å². The normalized spacial score (nSPS) is 10.6. The number of carbonyl (C=O) groups excluding carboxylic acids is 1. The number of imidazole rings is 1. The minimum absolute atomic E-state index is 0.504. The van der Waals surface area contributed by atoms with E-state index >= 15 is 0 Å². The molecule has 0 aliphatic heterocycles. The smallest absolute Gasteiger partial charge is 0.212 e. The van der Waals surface area contributed by atoms with E-state index in [1.54, 1.807) is 4.52 Å². The molecule has 2 rings (SSSR count). The van der Waals surface area contributed by atoms with Gasteiger partial charge < -0.3 is 0 Å². The summed E-state index contributed by atoms with van der Waals surface area (Å²) in [5.41, 5.74) is 0.504. The van der Waals surface area contributed by atoms with Gasteiger partial charge in [-0.05, 0) is 6.92 Å². The van der Waals surface area contributed by atoms with E-state index in [1.165, 1.54) is 17.5 Å². The standard InChI is InChI=1S/C6H5N3OS/c1-4-8-9-5(3-10)2-7-6(9)11-4/h2-3H,1H3. The number of nitrogens with zero attached hydrogens (tertiary/aromatic N) is 3. The molecule has 0 unspecified atom stereocenters. The Kier molecular flexibility index (Phi) is 1.25. The Balaban J connectivity index is 2.83. The third-order valence-electron chi connectivity index (χ3n) is 1.33. The number of aryl methyl sites for hydroxylation is 1. The molecule has 2 heterocycles. The summed E-state index contributed by atoms with van der Waals surface area (Å²) in [6.45, 7) is 1.88. The van der Waals surface area contributed by atoms with Crippen molar-refractivity contribution in [2.45, 2.75) is 6.92 Å². The number of aldehydes is 1. The molecule has 0 aromatic carbocycles. The van der Waals surface area contributed by atoms with Crippen LogP contribution in [0.2, 0.25) is 0 Å². The van der Waals surface area contributed by atoms with Crippen LogP contribution in [0.4, 0.5) is 0 Å². The van der Waals surface area contributed by atoms with Crippen molar-refractivity contribution >= 4 is 22.6 Å². The van der Waals surface area contributed by atoms with Gasteiger partial charge in [0.05, 0.1) is 6.20 Å². The summed E-state index contributed by atoms with van der Waals surface area (Å²) in [7, 11) is 0. The van der Waals surface area contributed by atoms with Gasteiger partial charge in [-0.2, -0.15) is 5.10 Å². The molecule has 0 fully saturated rings. The van der Waals surface area contributed by atoms with E-state index in [9.17, 15) is 4.79 Å². The highest BCUT2D eigenvalue weighted by molar-refractivity contribution is 7.16. The lowest BCUT2D eigenvalue weighted by Gasteiger charge is -1.80. The summed E-state index contributed by atoms with van der Waals surface area (Å²) in [5, 5.41) is 5.00. The van der Waals surface area contributed by atoms with E-state index in [0.717, 1.165) is 16.3 Å². The maximum absolute atomic E-state index is 10.4. The SMILES string of the molecule is Cc1nn2c(C=O)cnc2s1. The molecule has 2 aromatic heterocycles. The first-order chi connectivity index (χ1) is 5.31. The molecule has 4 nitrogen and oxygen atoms in total. The van der Waals surface area contributed by atoms with Crippen molar-refractivity contribution in [3.05, 3.63) is 16.9 Å². The first kappa shape index (κ1) is 6.48. The van der Waals surface area contributed by atoms with Crippen molar-refractivity contribution in [3.63, 3.8) is 0 Å². The molecule has 0 atom stereocenters. The lowest BCUT2D eigenvalue weighted by atomic mass is 10.5. The quantitative estimate of drug-likeness (QED) is 0.593. The highest BCUT2D eigenvalue weighted by Crippen LogP contribution is 2.12. The van der Waals surface area contributed by atoms with E-state index in [0.29, 0.717) is 5.69 Å². The predicted octanol–water partition coefficient (Wildman–Crippen LogP) is 0.912. The topological polar surface area (TPSA) is 47.3 Å². The zero-order valence-corrected chi connectivity index (χ0v) is 6.63. The van der Waals surface area contributed by atoms with Crippen molar-refractivity contribution in [2.75, 3.05) is 0 Å². The Bertz CT molecular complexity index is 403. The van der Waals surface area contributed by atoms with E-state index < -0.39 is 0 Å². The van der Waals surface area contributed by atoms with Crippen LogP contribution in [-0.4, -0.2) is 20.9 Å². The second kappa shape index (κ2) is 2.13. The summed E-state index contributed by atoms with van der Waals surface area (Å²) in [6.07, 6.45) is 2.27. The Morgan fingerprint density at radius 1 is 1.73 bits per heavy atom. The first-order valence-corrected chi connectivity index (χ1v) is 3.89. The minimum Gasteiger partial charge on any atom is -0.296 e. The van der Waals surface area contributed by atoms with Crippen LogP contribution in [-0.2, 0) is 0 Å². The number of fused-ring (bicyclic) bond motifs is 1. The van der Waals surface area contributed by atoms with Gasteiger partial charge in [0.1, 0.15) is 10.7 Å². The van der Waals surface area contributed by atoms with Crippen molar-refractivity contribution in [1.29, 1.82) is 0 Å². The van der Waals surface area contributed by atoms with Gasteiger partial charge in [-0.15, -0.1) is 0 Å². The summed E-state index contributed by atoms with van der Waals surface area (Å²) >= 11 is 1.47. The van der Waals surface area contributed by atoms with Crippen molar-refractivity contribution < 1.29 is 4.79 Å². The number of hydrogen-bond donors (Lipinski definition) is 0. The first-order valence-electron chi connectivity index (χ1n) is 3.07. The van der Waals surface area contributed by atoms with Crippen LogP contribution < -0.4 is 0 Å². The molecule has 0 saturated heterocycles. The Labute approximate surface area is 66.5 Å². The fraction of sp³-hybridized carbons (Fsp3) is 0.167. The summed E-state index contributed by atoms with van der Waals surface area (Å²) in [5.74, 6) is 0. The van der Waals surface area contributed by atoms with Crippen molar-refractivity contribution in [1.82, 2.24) is 14.6 Å². The molecule has 0 amide bonds. The average Bonchev–Trinajstić information content (AvgIpc) is 2.45. The van der Waals surface area contributed by atoms with Gasteiger partial charge in [-0.1, -0.05) is 11.3 Å². The molecule has 56 valence electrons. The van der Waals surface area contributed by atoms with Crippen LogP contribution in [0.15, 0.2) is 6.20 Å². The maximum atomic E-state index is 10.4. The minimum atomic E-state index is 0.504. The second-order valence-corrected chi connectivity index (χ2v) is 3.28. The molecular formula is C6H5N3OS. The summed E-state index contributed by atoms with van der Waals surface area (Å²) < 4.78 is 1.55. The lowest BCUT2D eigenvalue weighted by molar-refractivity contribution is 0.111. The number of aromatic nitrogens is 3. The molecule has 5 heteroatoms. The highest BCUT2D eigenvalue weighted by Gasteiger charge is 2.05. The van der Waals surface area contributed by atoms with E-state index in [2.05, 4.69) is 10.1 Å². The number of hydrogen-bond acceptors (Lipinski definition) is 4. The van der Waals surface area contributed by atoms with Crippen molar-refractivity contribution in [3.8, 4) is 0 Å². The summed E-state index contributed by atoms with van der Waals surface area (Å²) in [4.78, 5) is 15.2. The van der Waals surface area contributed by atoms with Gasteiger partial charge >= 0.3 is 0 Å². The molecule has 0 radical (unpaired) electrons. The van der Waals surface area contributed by atoms with Crippen LogP contribution in [0.25, 0.3) is 4.96 Å². The van der Waals surface area contributed by atoms with Crippen LogP contribution in [0.5, 0.6) is 0 Å². The predicted molar refractivity (Wildman–Crippen MR) is 41.0 cm³/mol. The van der Waals surface area contributed by atoms with Gasteiger partial charge in [0, 0.05) is 0 Å². The summed E-state index contributed by atoms with van der Waals surface area (Å²) in [6, 6.07) is 0. The average molecular weight is 167 g/mol. The monoisotopic (exact) mass is 167 g/mol. The van der Waals surface area contributed by atoms with Gasteiger partial charge in [0.25, 0.3) is 0 Å². The third-order valence-corrected chi connectivity index (χ3v) is 2.17. The fourth-order valence-corrected chi connectivity index (χ4v) is 1.61. The Morgan fingerprint density at radius 3 is 3.27 bits per heavy atom. The molecule has 0 aliphatic rings. The molecule has 0 N–H and O–H groups in total. The number of carbonyl (C=O) groups is 1. The number of rotatable bonds is 1. The van der Waals surface area contributed by atoms with Gasteiger partial charge in [0.15, 0.2) is 6.29 Å². The third kappa shape index (κ3) is 0.848. The zero-order chi connectivity index (χ0) is 7.84. The van der Waals surface area contributed by atoms with Crippen LogP contribution in [0.3, 0.4) is 0 Å². The zero-order valence-electron chi connectivity index (χ0n) is 5.81. The highest BCUT2D eigenvalue weighted by atomic mass is 32.1. The lowest BCUT2D eigenvalue weighted by Crippen LogP contribution is -1.90. The van der Waals surface area contributed by atoms with E-state index in [4.69, 9.17) is 0 Å². The van der Waals surface area contributed by atoms with Crippen LogP contribution in [0, 0.1) is 6.92 Å². The van der Waals surface area contributed by atoms with Crippen molar-refractivity contribution in [2.24, 2.45) is 0 Å². The molecule has 0 aliphatic carbocycles. The molecule has 0 spiro atoms. The second-order valence-electron chi connectivity index (χ2n) is 2.12. The van der Waals surface area contributed by atoms with E-state index in [-0.39, 0.29) is 0 Å². The van der Waals surface area contributed by atoms with Crippen LogP contribution >= 0.6 is 11.3 Å². The molecule has 11 heavy (non-hydrogen) atoms. The fourth-order valence-electron chi connectivity index (χ4n) is 0.885. The Hall–Kier alpha value is -1.23. The maximum Gasteiger partial charge on any atom is 0.212 e. The largest absolute Gasteiger partial charge is 0.296 e. The van der Waals surface area contributed by atoms with Gasteiger partial charge in [-0.3, -0.25) is 4.79 Å². The Morgan fingerprint density at radius 2 is 2.55 bits per heavy atom.